The third kappa shape index (κ3) is 4.08. The molecule has 148 valence electrons. The summed E-state index contributed by atoms with van der Waals surface area (Å²) in [4.78, 5) is 13.8. The number of carbonyl (C=O) groups is 1. The summed E-state index contributed by atoms with van der Waals surface area (Å²) in [5.74, 6) is -0.452. The van der Waals surface area contributed by atoms with Gasteiger partial charge in [0.25, 0.3) is 0 Å². The summed E-state index contributed by atoms with van der Waals surface area (Å²) in [7, 11) is -3.60. The Bertz CT molecular complexity index is 1030. The standard InChI is InChI=1S/C19H20ClN3O3S2/c1-12-13(2)27-19(17(12)11-21)22-18(24)14-7-9-23(10-8-14)28(25,26)16-5-3-15(20)4-6-16/h3-6,14H,7-10H2,1-2H3,(H,22,24). The van der Waals surface area contributed by atoms with Gasteiger partial charge in [0.05, 0.1) is 10.5 Å². The monoisotopic (exact) mass is 437 g/mol. The number of hydrogen-bond acceptors (Lipinski definition) is 5. The smallest absolute Gasteiger partial charge is 0.243 e. The Hall–Kier alpha value is -1.92. The Labute approximate surface area is 173 Å². The number of sulfonamides is 1. The molecule has 1 aliphatic rings. The highest BCUT2D eigenvalue weighted by molar-refractivity contribution is 7.89. The first-order chi connectivity index (χ1) is 13.2. The molecule has 0 atom stereocenters. The molecule has 28 heavy (non-hydrogen) atoms. The molecule has 2 aromatic rings. The molecule has 6 nitrogen and oxygen atoms in total. The summed E-state index contributed by atoms with van der Waals surface area (Å²) in [5.41, 5.74) is 1.38. The Balaban J connectivity index is 1.65. The van der Waals surface area contributed by atoms with Crippen LogP contribution in [0.15, 0.2) is 29.2 Å². The van der Waals surface area contributed by atoms with E-state index in [4.69, 9.17) is 11.6 Å². The van der Waals surface area contributed by atoms with Crippen LogP contribution in [0.1, 0.15) is 28.8 Å². The van der Waals surface area contributed by atoms with Gasteiger partial charge in [-0.2, -0.15) is 9.57 Å². The topological polar surface area (TPSA) is 90.3 Å². The van der Waals surface area contributed by atoms with Gasteiger partial charge in [-0.25, -0.2) is 8.42 Å². The highest BCUT2D eigenvalue weighted by Crippen LogP contribution is 2.33. The predicted molar refractivity (Wildman–Crippen MR) is 110 cm³/mol. The van der Waals surface area contributed by atoms with Crippen molar-refractivity contribution in [3.05, 3.63) is 45.3 Å². The molecule has 1 amide bonds. The SMILES string of the molecule is Cc1sc(NC(=O)C2CCN(S(=O)(=O)c3ccc(Cl)cc3)CC2)c(C#N)c1C. The Morgan fingerprint density at radius 2 is 1.86 bits per heavy atom. The van der Waals surface area contributed by atoms with Gasteiger partial charge < -0.3 is 5.32 Å². The van der Waals surface area contributed by atoms with E-state index in [2.05, 4.69) is 11.4 Å². The normalized spacial score (nSPS) is 15.9. The third-order valence-electron chi connectivity index (χ3n) is 5.01. The lowest BCUT2D eigenvalue weighted by molar-refractivity contribution is -0.120. The number of nitriles is 1. The zero-order valence-electron chi connectivity index (χ0n) is 15.5. The van der Waals surface area contributed by atoms with E-state index in [1.807, 2.05) is 13.8 Å². The minimum atomic E-state index is -3.60. The van der Waals surface area contributed by atoms with E-state index < -0.39 is 10.0 Å². The van der Waals surface area contributed by atoms with Crippen LogP contribution in [-0.2, 0) is 14.8 Å². The highest BCUT2D eigenvalue weighted by Gasteiger charge is 2.32. The second-order valence-electron chi connectivity index (χ2n) is 6.72. The van der Waals surface area contributed by atoms with Crippen molar-refractivity contribution in [2.24, 2.45) is 5.92 Å². The van der Waals surface area contributed by atoms with Crippen molar-refractivity contribution in [1.82, 2.24) is 4.31 Å². The molecule has 0 bridgehead atoms. The summed E-state index contributed by atoms with van der Waals surface area (Å²) >= 11 is 7.22. The summed E-state index contributed by atoms with van der Waals surface area (Å²) < 4.78 is 26.9. The molecule has 1 aromatic carbocycles. The molecular formula is C19H20ClN3O3S2. The van der Waals surface area contributed by atoms with Gasteiger partial charge in [0.2, 0.25) is 15.9 Å². The lowest BCUT2D eigenvalue weighted by Crippen LogP contribution is -2.41. The summed E-state index contributed by atoms with van der Waals surface area (Å²) in [6, 6.07) is 8.21. The van der Waals surface area contributed by atoms with Crippen molar-refractivity contribution in [1.29, 1.82) is 5.26 Å². The number of anilines is 1. The quantitative estimate of drug-likeness (QED) is 0.784. The molecule has 2 heterocycles. The van der Waals surface area contributed by atoms with Crippen molar-refractivity contribution < 1.29 is 13.2 Å². The van der Waals surface area contributed by atoms with E-state index in [9.17, 15) is 18.5 Å². The molecule has 1 aromatic heterocycles. The molecule has 0 unspecified atom stereocenters. The highest BCUT2D eigenvalue weighted by atomic mass is 35.5. The molecule has 0 saturated carbocycles. The Morgan fingerprint density at radius 1 is 1.25 bits per heavy atom. The molecule has 1 aliphatic heterocycles. The second kappa shape index (κ2) is 8.21. The van der Waals surface area contributed by atoms with Crippen LogP contribution in [0.2, 0.25) is 5.02 Å². The maximum atomic E-state index is 12.7. The first-order valence-electron chi connectivity index (χ1n) is 8.80. The first-order valence-corrected chi connectivity index (χ1v) is 11.4. The maximum absolute atomic E-state index is 12.7. The van der Waals surface area contributed by atoms with Crippen LogP contribution in [0.3, 0.4) is 0 Å². The van der Waals surface area contributed by atoms with Crippen molar-refractivity contribution in [3.63, 3.8) is 0 Å². The molecule has 1 fully saturated rings. The van der Waals surface area contributed by atoms with Crippen LogP contribution in [0, 0.1) is 31.1 Å². The first kappa shape index (κ1) is 20.8. The van der Waals surface area contributed by atoms with Gasteiger partial charge in [0.15, 0.2) is 0 Å². The molecule has 9 heteroatoms. The van der Waals surface area contributed by atoms with E-state index in [1.165, 1.54) is 27.8 Å². The molecule has 0 radical (unpaired) electrons. The van der Waals surface area contributed by atoms with E-state index >= 15 is 0 Å². The number of thiophene rings is 1. The number of piperidine rings is 1. The van der Waals surface area contributed by atoms with Gasteiger partial charge in [0, 0.05) is 28.9 Å². The maximum Gasteiger partial charge on any atom is 0.243 e. The van der Waals surface area contributed by atoms with Crippen molar-refractivity contribution in [3.8, 4) is 6.07 Å². The number of halogens is 1. The van der Waals surface area contributed by atoms with Gasteiger partial charge in [0.1, 0.15) is 11.1 Å². The summed E-state index contributed by atoms with van der Waals surface area (Å²) in [6.45, 7) is 4.32. The van der Waals surface area contributed by atoms with Crippen molar-refractivity contribution >= 4 is 43.9 Å². The van der Waals surface area contributed by atoms with Crippen LogP contribution >= 0.6 is 22.9 Å². The van der Waals surface area contributed by atoms with Crippen molar-refractivity contribution in [2.45, 2.75) is 31.6 Å². The van der Waals surface area contributed by atoms with Crippen LogP contribution < -0.4 is 5.32 Å². The fourth-order valence-electron chi connectivity index (χ4n) is 3.18. The van der Waals surface area contributed by atoms with Gasteiger partial charge in [-0.3, -0.25) is 4.79 Å². The molecule has 0 spiro atoms. The number of aryl methyl sites for hydroxylation is 1. The lowest BCUT2D eigenvalue weighted by atomic mass is 9.97. The van der Waals surface area contributed by atoms with Gasteiger partial charge in [-0.05, 0) is 56.5 Å². The molecule has 1 N–H and O–H groups in total. The number of hydrogen-bond donors (Lipinski definition) is 1. The summed E-state index contributed by atoms with van der Waals surface area (Å²) in [6.07, 6.45) is 0.869. The molecule has 1 saturated heterocycles. The average molecular weight is 438 g/mol. The largest absolute Gasteiger partial charge is 0.316 e. The lowest BCUT2D eigenvalue weighted by Gasteiger charge is -2.30. The van der Waals surface area contributed by atoms with Crippen LogP contribution in [-0.4, -0.2) is 31.7 Å². The third-order valence-corrected chi connectivity index (χ3v) is 8.30. The molecular weight excluding hydrogens is 418 g/mol. The minimum absolute atomic E-state index is 0.165. The summed E-state index contributed by atoms with van der Waals surface area (Å²) in [5, 5.41) is 13.2. The van der Waals surface area contributed by atoms with Gasteiger partial charge in [-0.15, -0.1) is 11.3 Å². The molecule has 3 rings (SSSR count). The number of nitrogens with one attached hydrogen (secondary N) is 1. The minimum Gasteiger partial charge on any atom is -0.316 e. The fourth-order valence-corrected chi connectivity index (χ4v) is 5.79. The van der Waals surface area contributed by atoms with Crippen LogP contribution in [0.25, 0.3) is 0 Å². The van der Waals surface area contributed by atoms with Gasteiger partial charge in [-0.1, -0.05) is 11.6 Å². The zero-order chi connectivity index (χ0) is 20.5. The second-order valence-corrected chi connectivity index (χ2v) is 10.3. The number of amides is 1. The Morgan fingerprint density at radius 3 is 2.43 bits per heavy atom. The number of nitrogens with zero attached hydrogens (tertiary/aromatic N) is 2. The number of benzene rings is 1. The predicted octanol–water partition coefficient (Wildman–Crippen LogP) is 3.93. The fraction of sp³-hybridized carbons (Fsp3) is 0.368. The van der Waals surface area contributed by atoms with E-state index in [0.717, 1.165) is 10.4 Å². The van der Waals surface area contributed by atoms with Crippen LogP contribution in [0.5, 0.6) is 0 Å². The number of carbonyl (C=O) groups excluding carboxylic acids is 1. The molecule has 0 aliphatic carbocycles. The van der Waals surface area contributed by atoms with E-state index in [0.29, 0.717) is 28.4 Å². The average Bonchev–Trinajstić information content (AvgIpc) is 2.95. The number of rotatable bonds is 4. The van der Waals surface area contributed by atoms with Crippen molar-refractivity contribution in [2.75, 3.05) is 18.4 Å². The van der Waals surface area contributed by atoms with E-state index in [-0.39, 0.29) is 29.8 Å². The van der Waals surface area contributed by atoms with E-state index in [1.54, 1.807) is 12.1 Å². The Kier molecular flexibility index (Phi) is 6.10. The van der Waals surface area contributed by atoms with Crippen LogP contribution in [0.4, 0.5) is 5.00 Å². The van der Waals surface area contributed by atoms with Gasteiger partial charge >= 0.3 is 0 Å². The zero-order valence-corrected chi connectivity index (χ0v) is 17.9.